The van der Waals surface area contributed by atoms with Crippen molar-refractivity contribution in [2.75, 3.05) is 17.8 Å². The quantitative estimate of drug-likeness (QED) is 0.411. The topological polar surface area (TPSA) is 55.3 Å². The Labute approximate surface area is 76.4 Å². The third kappa shape index (κ3) is 1.78. The van der Waals surface area contributed by atoms with Crippen molar-refractivity contribution in [2.24, 2.45) is 5.84 Å². The highest BCUT2D eigenvalue weighted by molar-refractivity contribution is 5.71. The van der Waals surface area contributed by atoms with Gasteiger partial charge < -0.3 is 10.7 Å². The van der Waals surface area contributed by atoms with Crippen LogP contribution >= 0.6 is 0 Å². The summed E-state index contributed by atoms with van der Waals surface area (Å²) in [4.78, 5) is 0. The zero-order valence-corrected chi connectivity index (χ0v) is 7.42. The molecule has 0 saturated heterocycles. The Morgan fingerprint density at radius 2 is 2.15 bits per heavy atom. The van der Waals surface area contributed by atoms with E-state index >= 15 is 0 Å². The molecule has 4 heteroatoms. The van der Waals surface area contributed by atoms with Gasteiger partial charge in [-0.05, 0) is 6.07 Å². The SMILES string of the molecule is C=Cc1cc(N)c(N(C)N)cc1F. The molecule has 0 bridgehead atoms. The predicted molar refractivity (Wildman–Crippen MR) is 53.5 cm³/mol. The number of hydrazine groups is 1. The van der Waals surface area contributed by atoms with Gasteiger partial charge in [-0.2, -0.15) is 0 Å². The molecule has 0 spiro atoms. The van der Waals surface area contributed by atoms with Crippen LogP contribution in [0, 0.1) is 5.82 Å². The molecule has 1 rings (SSSR count). The van der Waals surface area contributed by atoms with Crippen LogP contribution in [0.1, 0.15) is 5.56 Å². The van der Waals surface area contributed by atoms with Crippen LogP contribution < -0.4 is 16.6 Å². The molecule has 0 amide bonds. The molecule has 13 heavy (non-hydrogen) atoms. The maximum Gasteiger partial charge on any atom is 0.132 e. The maximum atomic E-state index is 13.2. The van der Waals surface area contributed by atoms with Crippen LogP contribution in [-0.4, -0.2) is 7.05 Å². The van der Waals surface area contributed by atoms with Crippen molar-refractivity contribution < 1.29 is 4.39 Å². The van der Waals surface area contributed by atoms with Gasteiger partial charge in [0.2, 0.25) is 0 Å². The molecular formula is C9H12FN3. The highest BCUT2D eigenvalue weighted by Gasteiger charge is 2.06. The van der Waals surface area contributed by atoms with Gasteiger partial charge in [0.05, 0.1) is 11.4 Å². The van der Waals surface area contributed by atoms with Gasteiger partial charge in [-0.1, -0.05) is 12.7 Å². The minimum atomic E-state index is -0.378. The molecule has 70 valence electrons. The highest BCUT2D eigenvalue weighted by atomic mass is 19.1. The summed E-state index contributed by atoms with van der Waals surface area (Å²) < 4.78 is 13.2. The molecule has 0 aliphatic heterocycles. The molecule has 0 aliphatic carbocycles. The second-order valence-corrected chi connectivity index (χ2v) is 2.75. The molecule has 0 heterocycles. The second-order valence-electron chi connectivity index (χ2n) is 2.75. The summed E-state index contributed by atoms with van der Waals surface area (Å²) in [5.74, 6) is 5.06. The van der Waals surface area contributed by atoms with E-state index in [9.17, 15) is 4.39 Å². The molecule has 0 saturated carbocycles. The summed E-state index contributed by atoms with van der Waals surface area (Å²) in [6.45, 7) is 3.47. The molecule has 0 radical (unpaired) electrons. The Bertz CT molecular complexity index is 334. The van der Waals surface area contributed by atoms with E-state index in [1.807, 2.05) is 0 Å². The van der Waals surface area contributed by atoms with Crippen molar-refractivity contribution in [1.82, 2.24) is 0 Å². The fraction of sp³-hybridized carbons (Fsp3) is 0.111. The van der Waals surface area contributed by atoms with Crippen LogP contribution in [0.25, 0.3) is 6.08 Å². The van der Waals surface area contributed by atoms with Gasteiger partial charge in [0.1, 0.15) is 5.82 Å². The van der Waals surface area contributed by atoms with E-state index < -0.39 is 0 Å². The summed E-state index contributed by atoms with van der Waals surface area (Å²) in [6, 6.07) is 2.79. The van der Waals surface area contributed by atoms with Crippen molar-refractivity contribution in [2.45, 2.75) is 0 Å². The largest absolute Gasteiger partial charge is 0.397 e. The fourth-order valence-electron chi connectivity index (χ4n) is 1.06. The van der Waals surface area contributed by atoms with Gasteiger partial charge >= 0.3 is 0 Å². The van der Waals surface area contributed by atoms with Crippen molar-refractivity contribution in [3.63, 3.8) is 0 Å². The van der Waals surface area contributed by atoms with E-state index in [1.165, 1.54) is 23.2 Å². The van der Waals surface area contributed by atoms with Crippen LogP contribution in [-0.2, 0) is 0 Å². The molecule has 4 N–H and O–H groups in total. The molecule has 3 nitrogen and oxygen atoms in total. The zero-order valence-electron chi connectivity index (χ0n) is 7.42. The van der Waals surface area contributed by atoms with Gasteiger partial charge in [-0.15, -0.1) is 0 Å². The van der Waals surface area contributed by atoms with E-state index in [0.29, 0.717) is 16.9 Å². The molecular weight excluding hydrogens is 169 g/mol. The minimum absolute atomic E-state index is 0.378. The average molecular weight is 181 g/mol. The van der Waals surface area contributed by atoms with E-state index in [2.05, 4.69) is 6.58 Å². The summed E-state index contributed by atoms with van der Waals surface area (Å²) in [6.07, 6.45) is 1.41. The Kier molecular flexibility index (Phi) is 2.53. The van der Waals surface area contributed by atoms with Crippen molar-refractivity contribution in [3.8, 4) is 0 Å². The molecule has 1 aromatic rings. The van der Waals surface area contributed by atoms with E-state index in [0.717, 1.165) is 0 Å². The Hall–Kier alpha value is -1.55. The first-order chi connectivity index (χ1) is 6.06. The summed E-state index contributed by atoms with van der Waals surface area (Å²) in [5.41, 5.74) is 6.90. The number of benzene rings is 1. The summed E-state index contributed by atoms with van der Waals surface area (Å²) >= 11 is 0. The first-order valence-corrected chi connectivity index (χ1v) is 3.76. The summed E-state index contributed by atoms with van der Waals surface area (Å²) in [5, 5.41) is 1.27. The van der Waals surface area contributed by atoms with Crippen molar-refractivity contribution >= 4 is 17.5 Å². The molecule has 0 aliphatic rings. The fourth-order valence-corrected chi connectivity index (χ4v) is 1.06. The number of nitrogen functional groups attached to an aromatic ring is 1. The first-order valence-electron chi connectivity index (χ1n) is 3.76. The van der Waals surface area contributed by atoms with Gasteiger partial charge in [0.25, 0.3) is 0 Å². The third-order valence-corrected chi connectivity index (χ3v) is 1.75. The lowest BCUT2D eigenvalue weighted by atomic mass is 10.1. The molecule has 0 fully saturated rings. The molecule has 0 aromatic heterocycles. The van der Waals surface area contributed by atoms with Crippen LogP contribution in [0.3, 0.4) is 0 Å². The maximum absolute atomic E-state index is 13.2. The van der Waals surface area contributed by atoms with Crippen LogP contribution in [0.15, 0.2) is 18.7 Å². The van der Waals surface area contributed by atoms with Crippen LogP contribution in [0.4, 0.5) is 15.8 Å². The standard InChI is InChI=1S/C9H12FN3/c1-3-6-4-8(11)9(13(2)12)5-7(6)10/h3-5H,1,11-12H2,2H3. The van der Waals surface area contributed by atoms with Gasteiger partial charge in [0.15, 0.2) is 0 Å². The number of nitrogens with zero attached hydrogens (tertiary/aromatic N) is 1. The lowest BCUT2D eigenvalue weighted by molar-refractivity contribution is 0.625. The molecule has 1 aromatic carbocycles. The third-order valence-electron chi connectivity index (χ3n) is 1.75. The highest BCUT2D eigenvalue weighted by Crippen LogP contribution is 2.24. The Morgan fingerprint density at radius 1 is 1.54 bits per heavy atom. The van der Waals surface area contributed by atoms with Crippen molar-refractivity contribution in [3.05, 3.63) is 30.1 Å². The normalized spacial score (nSPS) is 9.77. The Morgan fingerprint density at radius 3 is 2.62 bits per heavy atom. The number of hydrogen-bond acceptors (Lipinski definition) is 3. The number of halogens is 1. The predicted octanol–water partition coefficient (Wildman–Crippen LogP) is 1.36. The van der Waals surface area contributed by atoms with Crippen LogP contribution in [0.2, 0.25) is 0 Å². The minimum Gasteiger partial charge on any atom is -0.397 e. The lowest BCUT2D eigenvalue weighted by Crippen LogP contribution is -2.26. The molecule has 0 atom stereocenters. The van der Waals surface area contributed by atoms with E-state index in [-0.39, 0.29) is 5.82 Å². The first kappa shape index (κ1) is 9.54. The van der Waals surface area contributed by atoms with Gasteiger partial charge in [-0.3, -0.25) is 0 Å². The van der Waals surface area contributed by atoms with Crippen LogP contribution in [0.5, 0.6) is 0 Å². The van der Waals surface area contributed by atoms with Gasteiger partial charge in [0, 0.05) is 18.7 Å². The Balaban J connectivity index is 3.28. The number of rotatable bonds is 2. The second kappa shape index (κ2) is 3.45. The average Bonchev–Trinajstić information content (AvgIpc) is 2.07. The smallest absolute Gasteiger partial charge is 0.132 e. The monoisotopic (exact) mass is 181 g/mol. The zero-order chi connectivity index (χ0) is 10.0. The number of anilines is 2. The van der Waals surface area contributed by atoms with E-state index in [1.54, 1.807) is 7.05 Å². The van der Waals surface area contributed by atoms with E-state index in [4.69, 9.17) is 11.6 Å². The molecule has 0 unspecified atom stereocenters. The van der Waals surface area contributed by atoms with Crippen molar-refractivity contribution in [1.29, 1.82) is 0 Å². The summed E-state index contributed by atoms with van der Waals surface area (Å²) in [7, 11) is 1.60. The number of hydrogen-bond donors (Lipinski definition) is 2. The lowest BCUT2D eigenvalue weighted by Gasteiger charge is -2.15. The number of nitrogens with two attached hydrogens (primary N) is 2. The van der Waals surface area contributed by atoms with Gasteiger partial charge in [-0.25, -0.2) is 10.2 Å².